The number of benzene rings is 2. The van der Waals surface area contributed by atoms with Crippen LogP contribution in [0.4, 0.5) is 0 Å². The maximum atomic E-state index is 12.2. The lowest BCUT2D eigenvalue weighted by molar-refractivity contribution is 0.452. The molecular formula is C16H13NO4. The van der Waals surface area contributed by atoms with Crippen molar-refractivity contribution in [2.75, 3.05) is 0 Å². The third-order valence-corrected chi connectivity index (χ3v) is 3.38. The summed E-state index contributed by atoms with van der Waals surface area (Å²) >= 11 is 0. The van der Waals surface area contributed by atoms with Crippen LogP contribution in [-0.4, -0.2) is 20.3 Å². The highest BCUT2D eigenvalue weighted by Crippen LogP contribution is 2.32. The Bertz CT molecular complexity index is 895. The summed E-state index contributed by atoms with van der Waals surface area (Å²) in [5.41, 5.74) is 1.51. The highest BCUT2D eigenvalue weighted by molar-refractivity contribution is 5.90. The topological polar surface area (TPSA) is 93.5 Å². The van der Waals surface area contributed by atoms with Crippen molar-refractivity contribution in [3.8, 4) is 28.5 Å². The number of aromatic nitrogens is 1. The summed E-state index contributed by atoms with van der Waals surface area (Å²) in [5, 5.41) is 29.3. The second kappa shape index (κ2) is 4.56. The predicted molar refractivity (Wildman–Crippen MR) is 79.7 cm³/mol. The van der Waals surface area contributed by atoms with E-state index in [1.807, 2.05) is 19.1 Å². The summed E-state index contributed by atoms with van der Waals surface area (Å²) in [4.78, 5) is 15.1. The molecule has 0 aliphatic carbocycles. The van der Waals surface area contributed by atoms with E-state index in [0.29, 0.717) is 5.56 Å². The molecule has 0 bridgehead atoms. The predicted octanol–water partition coefficient (Wildman–Crippen LogP) is 2.62. The van der Waals surface area contributed by atoms with Gasteiger partial charge in [-0.15, -0.1) is 0 Å². The van der Waals surface area contributed by atoms with E-state index >= 15 is 0 Å². The minimum atomic E-state index is -0.683. The fraction of sp³-hybridized carbons (Fsp3) is 0.0625. The third-order valence-electron chi connectivity index (χ3n) is 3.38. The smallest absolute Gasteiger partial charge is 0.235 e. The molecule has 0 radical (unpaired) electrons. The number of pyridine rings is 1. The van der Waals surface area contributed by atoms with Crippen molar-refractivity contribution in [3.63, 3.8) is 0 Å². The van der Waals surface area contributed by atoms with Crippen LogP contribution in [0.25, 0.3) is 22.2 Å². The molecule has 3 rings (SSSR count). The first kappa shape index (κ1) is 13.1. The summed E-state index contributed by atoms with van der Waals surface area (Å²) in [6, 6.07) is 9.65. The molecular weight excluding hydrogens is 270 g/mol. The van der Waals surface area contributed by atoms with Crippen LogP contribution in [0.1, 0.15) is 5.56 Å². The number of aromatic hydroxyl groups is 3. The Morgan fingerprint density at radius 1 is 1.00 bits per heavy atom. The van der Waals surface area contributed by atoms with E-state index in [2.05, 4.69) is 4.98 Å². The fourth-order valence-corrected chi connectivity index (χ4v) is 2.30. The Labute approximate surface area is 119 Å². The van der Waals surface area contributed by atoms with Gasteiger partial charge in [-0.25, -0.2) is 0 Å². The lowest BCUT2D eigenvalue weighted by Crippen LogP contribution is -2.05. The van der Waals surface area contributed by atoms with Crippen molar-refractivity contribution in [1.29, 1.82) is 0 Å². The number of H-pyrrole nitrogens is 1. The van der Waals surface area contributed by atoms with Gasteiger partial charge in [-0.05, 0) is 6.92 Å². The van der Waals surface area contributed by atoms with E-state index in [9.17, 15) is 20.1 Å². The quantitative estimate of drug-likeness (QED) is 0.552. The van der Waals surface area contributed by atoms with E-state index in [-0.39, 0.29) is 28.1 Å². The molecule has 0 unspecified atom stereocenters. The van der Waals surface area contributed by atoms with Crippen LogP contribution in [0.15, 0.2) is 41.2 Å². The zero-order valence-corrected chi connectivity index (χ0v) is 11.2. The molecule has 106 valence electrons. The summed E-state index contributed by atoms with van der Waals surface area (Å²) in [6.07, 6.45) is 0. The maximum absolute atomic E-state index is 12.2. The lowest BCUT2D eigenvalue weighted by atomic mass is 10.1. The van der Waals surface area contributed by atoms with Gasteiger partial charge in [0.15, 0.2) is 5.75 Å². The average molecular weight is 283 g/mol. The highest BCUT2D eigenvalue weighted by atomic mass is 16.3. The van der Waals surface area contributed by atoms with Crippen molar-refractivity contribution in [2.24, 2.45) is 0 Å². The average Bonchev–Trinajstić information content (AvgIpc) is 2.43. The number of fused-ring (bicyclic) bond motifs is 1. The van der Waals surface area contributed by atoms with E-state index in [1.54, 1.807) is 12.1 Å². The van der Waals surface area contributed by atoms with Gasteiger partial charge in [-0.1, -0.05) is 29.8 Å². The Morgan fingerprint density at radius 3 is 2.33 bits per heavy atom. The monoisotopic (exact) mass is 283 g/mol. The minimum Gasteiger partial charge on any atom is -0.508 e. The Hall–Kier alpha value is -2.95. The summed E-state index contributed by atoms with van der Waals surface area (Å²) in [6.45, 7) is 1.93. The summed E-state index contributed by atoms with van der Waals surface area (Å²) in [5.74, 6) is -1.01. The second-order valence-corrected chi connectivity index (χ2v) is 4.93. The minimum absolute atomic E-state index is 0.0545. The highest BCUT2D eigenvalue weighted by Gasteiger charge is 2.16. The van der Waals surface area contributed by atoms with Gasteiger partial charge in [0.2, 0.25) is 5.43 Å². The molecule has 0 amide bonds. The molecule has 3 aromatic rings. The first-order chi connectivity index (χ1) is 9.97. The molecule has 0 aliphatic rings. The van der Waals surface area contributed by atoms with Gasteiger partial charge in [-0.3, -0.25) is 4.79 Å². The Morgan fingerprint density at radius 2 is 1.67 bits per heavy atom. The van der Waals surface area contributed by atoms with E-state index in [4.69, 9.17) is 0 Å². The van der Waals surface area contributed by atoms with Crippen LogP contribution in [0.3, 0.4) is 0 Å². The number of phenolic OH excluding ortho intramolecular Hbond substituents is 2. The third kappa shape index (κ3) is 2.08. The van der Waals surface area contributed by atoms with E-state index in [1.165, 1.54) is 6.07 Å². The molecule has 0 atom stereocenters. The van der Waals surface area contributed by atoms with Crippen LogP contribution in [0.2, 0.25) is 0 Å². The largest absolute Gasteiger partial charge is 0.508 e. The zero-order chi connectivity index (χ0) is 15.1. The zero-order valence-electron chi connectivity index (χ0n) is 11.2. The standard InChI is InChI=1S/C16H13NO4/c1-8-2-4-9(5-3-8)14-16(21)15(20)13-11(17-14)6-10(18)7-12(13)19/h2-7,18-19,21H,1H3,(H,17,20). The van der Waals surface area contributed by atoms with Crippen LogP contribution in [-0.2, 0) is 0 Å². The van der Waals surface area contributed by atoms with E-state index < -0.39 is 11.2 Å². The van der Waals surface area contributed by atoms with Crippen LogP contribution >= 0.6 is 0 Å². The molecule has 2 aromatic carbocycles. The molecule has 1 heterocycles. The van der Waals surface area contributed by atoms with Crippen molar-refractivity contribution < 1.29 is 15.3 Å². The van der Waals surface area contributed by atoms with Crippen LogP contribution in [0, 0.1) is 6.92 Å². The van der Waals surface area contributed by atoms with E-state index in [0.717, 1.165) is 11.6 Å². The first-order valence-corrected chi connectivity index (χ1v) is 6.35. The number of hydrogen-bond donors (Lipinski definition) is 4. The maximum Gasteiger partial charge on any atom is 0.235 e. The van der Waals surface area contributed by atoms with Crippen LogP contribution in [0.5, 0.6) is 17.2 Å². The summed E-state index contributed by atoms with van der Waals surface area (Å²) < 4.78 is 0. The molecule has 1 aromatic heterocycles. The molecule has 0 fully saturated rings. The normalized spacial score (nSPS) is 10.9. The van der Waals surface area contributed by atoms with Crippen molar-refractivity contribution in [2.45, 2.75) is 6.92 Å². The molecule has 5 nitrogen and oxygen atoms in total. The number of aromatic amines is 1. The van der Waals surface area contributed by atoms with Gasteiger partial charge in [0.1, 0.15) is 11.5 Å². The molecule has 0 saturated heterocycles. The van der Waals surface area contributed by atoms with Gasteiger partial charge >= 0.3 is 0 Å². The second-order valence-electron chi connectivity index (χ2n) is 4.93. The molecule has 0 saturated carbocycles. The summed E-state index contributed by atoms with van der Waals surface area (Å²) in [7, 11) is 0. The fourth-order valence-electron chi connectivity index (χ4n) is 2.30. The van der Waals surface area contributed by atoms with Gasteiger partial charge in [0.25, 0.3) is 0 Å². The van der Waals surface area contributed by atoms with Crippen molar-refractivity contribution in [1.82, 2.24) is 4.98 Å². The number of aryl methyl sites for hydroxylation is 1. The van der Waals surface area contributed by atoms with Crippen molar-refractivity contribution >= 4 is 10.9 Å². The number of phenols is 2. The van der Waals surface area contributed by atoms with Gasteiger partial charge in [0.05, 0.1) is 16.6 Å². The van der Waals surface area contributed by atoms with Crippen LogP contribution < -0.4 is 5.43 Å². The Balaban J connectivity index is 2.37. The molecule has 4 N–H and O–H groups in total. The van der Waals surface area contributed by atoms with Gasteiger partial charge < -0.3 is 20.3 Å². The van der Waals surface area contributed by atoms with Gasteiger partial charge in [-0.2, -0.15) is 0 Å². The molecule has 0 spiro atoms. The molecule has 21 heavy (non-hydrogen) atoms. The molecule has 5 heteroatoms. The molecule has 0 aliphatic heterocycles. The number of nitrogens with one attached hydrogen (secondary N) is 1. The SMILES string of the molecule is Cc1ccc(-c2[nH]c3cc(O)cc(O)c3c(=O)c2O)cc1. The lowest BCUT2D eigenvalue weighted by Gasteiger charge is -2.09. The van der Waals surface area contributed by atoms with Gasteiger partial charge in [0, 0.05) is 17.7 Å². The number of rotatable bonds is 1. The number of hydrogen-bond acceptors (Lipinski definition) is 4. The van der Waals surface area contributed by atoms with Crippen molar-refractivity contribution in [3.05, 3.63) is 52.2 Å². The Kier molecular flexibility index (Phi) is 2.83. The first-order valence-electron chi connectivity index (χ1n) is 6.35.